The van der Waals surface area contributed by atoms with Crippen LogP contribution < -0.4 is 5.32 Å². The Morgan fingerprint density at radius 1 is 1.47 bits per heavy atom. The van der Waals surface area contributed by atoms with Gasteiger partial charge in [0.1, 0.15) is 5.82 Å². The molecular weight excluding hydrogens is 244 g/mol. The molecule has 2 rings (SSSR count). The molecule has 1 aromatic rings. The van der Waals surface area contributed by atoms with Crippen LogP contribution in [0.3, 0.4) is 0 Å². The average Bonchev–Trinajstić information content (AvgIpc) is 3.11. The summed E-state index contributed by atoms with van der Waals surface area (Å²) in [4.78, 5) is 15.9. The first-order valence-electron chi connectivity index (χ1n) is 6.95. The summed E-state index contributed by atoms with van der Waals surface area (Å²) in [6.45, 7) is 6.07. The van der Waals surface area contributed by atoms with Gasteiger partial charge in [-0.05, 0) is 25.2 Å². The zero-order valence-corrected chi connectivity index (χ0v) is 11.6. The van der Waals surface area contributed by atoms with E-state index in [0.29, 0.717) is 25.0 Å². The van der Waals surface area contributed by atoms with Gasteiger partial charge >= 0.3 is 0 Å². The summed E-state index contributed by atoms with van der Waals surface area (Å²) in [5, 5.41) is 9.50. The van der Waals surface area contributed by atoms with Crippen molar-refractivity contribution >= 4 is 5.91 Å². The van der Waals surface area contributed by atoms with Crippen LogP contribution in [0.4, 0.5) is 0 Å². The van der Waals surface area contributed by atoms with Gasteiger partial charge in [-0.2, -0.15) is 0 Å². The van der Waals surface area contributed by atoms with Crippen molar-refractivity contribution in [3.05, 3.63) is 11.6 Å². The van der Waals surface area contributed by atoms with Crippen molar-refractivity contribution in [1.29, 1.82) is 0 Å². The third-order valence-corrected chi connectivity index (χ3v) is 3.04. The number of aromatic amines is 1. The highest BCUT2D eigenvalue weighted by Gasteiger charge is 2.28. The molecular formula is C13H22N4O2. The topological polar surface area (TPSA) is 79.9 Å². The predicted molar refractivity (Wildman–Crippen MR) is 71.0 cm³/mol. The number of nitrogens with zero attached hydrogens (tertiary/aromatic N) is 2. The maximum absolute atomic E-state index is 11.7. The summed E-state index contributed by atoms with van der Waals surface area (Å²) in [6, 6.07) is 0. The number of aromatic nitrogens is 3. The zero-order chi connectivity index (χ0) is 13.7. The number of carbonyl (C=O) groups is 1. The Morgan fingerprint density at radius 2 is 2.26 bits per heavy atom. The van der Waals surface area contributed by atoms with Gasteiger partial charge in [-0.15, -0.1) is 5.10 Å². The van der Waals surface area contributed by atoms with Crippen molar-refractivity contribution in [2.75, 3.05) is 19.8 Å². The number of carbonyl (C=O) groups excluding carboxylic acids is 1. The number of amides is 1. The standard InChI is InChI=1S/C13H22N4O2/c1-9(2)5-7-19-8-6-14-13(18)12-15-11(16-17-12)10-3-4-10/h9-10H,3-8H2,1-2H3,(H,14,18)(H,15,16,17). The van der Waals surface area contributed by atoms with Crippen molar-refractivity contribution in [2.24, 2.45) is 5.92 Å². The molecule has 0 bridgehead atoms. The molecule has 19 heavy (non-hydrogen) atoms. The van der Waals surface area contributed by atoms with Gasteiger partial charge in [0.25, 0.3) is 5.91 Å². The molecule has 2 N–H and O–H groups in total. The average molecular weight is 266 g/mol. The Bertz CT molecular complexity index is 413. The maximum atomic E-state index is 11.7. The van der Waals surface area contributed by atoms with E-state index in [-0.39, 0.29) is 11.7 Å². The highest BCUT2D eigenvalue weighted by Crippen LogP contribution is 2.37. The molecule has 0 atom stereocenters. The van der Waals surface area contributed by atoms with E-state index in [2.05, 4.69) is 34.3 Å². The number of H-pyrrole nitrogens is 1. The molecule has 0 saturated heterocycles. The van der Waals surface area contributed by atoms with Gasteiger partial charge in [0.05, 0.1) is 6.61 Å². The molecule has 0 unspecified atom stereocenters. The Labute approximate surface area is 113 Å². The quantitative estimate of drug-likeness (QED) is 0.698. The van der Waals surface area contributed by atoms with Crippen molar-refractivity contribution in [3.63, 3.8) is 0 Å². The van der Waals surface area contributed by atoms with Crippen LogP contribution in [-0.4, -0.2) is 40.8 Å². The largest absolute Gasteiger partial charge is 0.380 e. The van der Waals surface area contributed by atoms with E-state index in [9.17, 15) is 4.79 Å². The second-order valence-electron chi connectivity index (χ2n) is 5.37. The first kappa shape index (κ1) is 14.0. The molecule has 6 heteroatoms. The van der Waals surface area contributed by atoms with Crippen molar-refractivity contribution < 1.29 is 9.53 Å². The van der Waals surface area contributed by atoms with Crippen LogP contribution >= 0.6 is 0 Å². The third-order valence-electron chi connectivity index (χ3n) is 3.04. The summed E-state index contributed by atoms with van der Waals surface area (Å²) >= 11 is 0. The van der Waals surface area contributed by atoms with E-state index >= 15 is 0 Å². The number of nitrogens with one attached hydrogen (secondary N) is 2. The molecule has 0 aliphatic heterocycles. The van der Waals surface area contributed by atoms with Gasteiger partial charge in [-0.25, -0.2) is 4.98 Å². The molecule has 1 saturated carbocycles. The molecule has 1 heterocycles. The minimum Gasteiger partial charge on any atom is -0.380 e. The lowest BCUT2D eigenvalue weighted by Crippen LogP contribution is -2.28. The van der Waals surface area contributed by atoms with Crippen molar-refractivity contribution in [3.8, 4) is 0 Å². The van der Waals surface area contributed by atoms with Crippen LogP contribution in [0.1, 0.15) is 55.5 Å². The molecule has 6 nitrogen and oxygen atoms in total. The molecule has 0 spiro atoms. The van der Waals surface area contributed by atoms with Gasteiger partial charge in [0.15, 0.2) is 0 Å². The van der Waals surface area contributed by atoms with E-state index in [0.717, 1.165) is 31.7 Å². The summed E-state index contributed by atoms with van der Waals surface area (Å²) < 4.78 is 5.42. The summed E-state index contributed by atoms with van der Waals surface area (Å²) in [6.07, 6.45) is 3.32. The van der Waals surface area contributed by atoms with Gasteiger partial charge in [0, 0.05) is 19.1 Å². The molecule has 1 amide bonds. The monoisotopic (exact) mass is 266 g/mol. The SMILES string of the molecule is CC(C)CCOCCNC(=O)c1n[nH]c(C2CC2)n1. The summed E-state index contributed by atoms with van der Waals surface area (Å²) in [7, 11) is 0. The van der Waals surface area contributed by atoms with Crippen LogP contribution in [0, 0.1) is 5.92 Å². The molecule has 1 aromatic heterocycles. The minimum atomic E-state index is -0.240. The number of hydrogen-bond donors (Lipinski definition) is 2. The van der Waals surface area contributed by atoms with Crippen molar-refractivity contribution in [2.45, 2.75) is 39.0 Å². The summed E-state index contributed by atoms with van der Waals surface area (Å²) in [5.41, 5.74) is 0. The Balaban J connectivity index is 1.61. The van der Waals surface area contributed by atoms with Gasteiger partial charge < -0.3 is 10.1 Å². The third kappa shape index (κ3) is 4.63. The Hall–Kier alpha value is -1.43. The zero-order valence-electron chi connectivity index (χ0n) is 11.6. The van der Waals surface area contributed by atoms with Crippen molar-refractivity contribution in [1.82, 2.24) is 20.5 Å². The van der Waals surface area contributed by atoms with E-state index < -0.39 is 0 Å². The number of hydrogen-bond acceptors (Lipinski definition) is 4. The lowest BCUT2D eigenvalue weighted by Gasteiger charge is -2.06. The van der Waals surface area contributed by atoms with Crippen LogP contribution in [0.15, 0.2) is 0 Å². The fourth-order valence-corrected chi connectivity index (χ4v) is 1.65. The first-order chi connectivity index (χ1) is 9.16. The normalized spacial score (nSPS) is 14.9. The fourth-order valence-electron chi connectivity index (χ4n) is 1.65. The second-order valence-corrected chi connectivity index (χ2v) is 5.37. The second kappa shape index (κ2) is 6.65. The van der Waals surface area contributed by atoms with E-state index in [1.54, 1.807) is 0 Å². The van der Waals surface area contributed by atoms with E-state index in [4.69, 9.17) is 4.74 Å². The van der Waals surface area contributed by atoms with E-state index in [1.807, 2.05) is 0 Å². The molecule has 0 aromatic carbocycles. The highest BCUT2D eigenvalue weighted by molar-refractivity contribution is 5.90. The fraction of sp³-hybridized carbons (Fsp3) is 0.769. The Kier molecular flexibility index (Phi) is 4.90. The lowest BCUT2D eigenvalue weighted by molar-refractivity contribution is 0.0896. The molecule has 1 aliphatic rings. The molecule has 106 valence electrons. The van der Waals surface area contributed by atoms with Crippen LogP contribution in [0.5, 0.6) is 0 Å². The van der Waals surface area contributed by atoms with Gasteiger partial charge in [-0.3, -0.25) is 9.89 Å². The molecule has 0 radical (unpaired) electrons. The van der Waals surface area contributed by atoms with Gasteiger partial charge in [-0.1, -0.05) is 13.8 Å². The summed E-state index contributed by atoms with van der Waals surface area (Å²) in [5.74, 6) is 1.94. The van der Waals surface area contributed by atoms with Crippen LogP contribution in [-0.2, 0) is 4.74 Å². The highest BCUT2D eigenvalue weighted by atomic mass is 16.5. The maximum Gasteiger partial charge on any atom is 0.291 e. The number of ether oxygens (including phenoxy) is 1. The smallest absolute Gasteiger partial charge is 0.291 e. The predicted octanol–water partition coefficient (Wildman–Crippen LogP) is 1.47. The number of rotatable bonds is 8. The van der Waals surface area contributed by atoms with Crippen LogP contribution in [0.2, 0.25) is 0 Å². The molecule has 1 fully saturated rings. The van der Waals surface area contributed by atoms with Crippen LogP contribution in [0.25, 0.3) is 0 Å². The molecule has 1 aliphatic carbocycles. The first-order valence-corrected chi connectivity index (χ1v) is 6.95. The minimum absolute atomic E-state index is 0.226. The van der Waals surface area contributed by atoms with Gasteiger partial charge in [0.2, 0.25) is 5.82 Å². The van der Waals surface area contributed by atoms with E-state index in [1.165, 1.54) is 0 Å². The lowest BCUT2D eigenvalue weighted by atomic mass is 10.1. The Morgan fingerprint density at radius 3 is 2.95 bits per heavy atom.